The molecule has 114 valence electrons. The van der Waals surface area contributed by atoms with Crippen LogP contribution in [0.25, 0.3) is 0 Å². The minimum Gasteiger partial charge on any atom is -0.492 e. The minimum atomic E-state index is -0.136. The van der Waals surface area contributed by atoms with Gasteiger partial charge in [-0.15, -0.1) is 0 Å². The molecule has 6 nitrogen and oxygen atoms in total. The molecular formula is C16H18N4O2. The van der Waals surface area contributed by atoms with E-state index in [9.17, 15) is 4.79 Å². The maximum absolute atomic E-state index is 12.2. The lowest BCUT2D eigenvalue weighted by Gasteiger charge is -2.24. The number of anilines is 1. The Hall–Kier alpha value is -2.63. The largest absolute Gasteiger partial charge is 0.492 e. The van der Waals surface area contributed by atoms with Gasteiger partial charge in [-0.05, 0) is 24.1 Å². The van der Waals surface area contributed by atoms with Crippen LogP contribution in [0.2, 0.25) is 0 Å². The van der Waals surface area contributed by atoms with Crippen molar-refractivity contribution in [2.75, 3.05) is 25.0 Å². The van der Waals surface area contributed by atoms with E-state index < -0.39 is 0 Å². The highest BCUT2D eigenvalue weighted by molar-refractivity contribution is 5.79. The molecule has 0 radical (unpaired) electrons. The van der Waals surface area contributed by atoms with Crippen LogP contribution in [-0.2, 0) is 11.2 Å². The zero-order valence-electron chi connectivity index (χ0n) is 12.2. The molecule has 1 aromatic heterocycles. The van der Waals surface area contributed by atoms with Gasteiger partial charge >= 0.3 is 0 Å². The van der Waals surface area contributed by atoms with Gasteiger partial charge in [-0.3, -0.25) is 4.79 Å². The van der Waals surface area contributed by atoms with Crippen LogP contribution in [0.1, 0.15) is 5.56 Å². The molecule has 2 heterocycles. The molecule has 1 atom stereocenters. The van der Waals surface area contributed by atoms with Gasteiger partial charge in [0.05, 0.1) is 5.92 Å². The molecule has 6 heteroatoms. The Labute approximate surface area is 128 Å². The predicted molar refractivity (Wildman–Crippen MR) is 82.7 cm³/mol. The second kappa shape index (κ2) is 6.89. The fraction of sp³-hybridized carbons (Fsp3) is 0.312. The monoisotopic (exact) mass is 298 g/mol. The molecule has 1 aromatic carbocycles. The standard InChI is InChI=1S/C16H18N4O2/c21-15(17-8-9-20-16-18-6-3-7-19-16)13-10-12-4-1-2-5-14(12)22-11-13/h1-7,13H,8-11H2,(H,17,21)(H,18,19,20). The lowest BCUT2D eigenvalue weighted by atomic mass is 9.96. The third-order valence-corrected chi connectivity index (χ3v) is 3.52. The van der Waals surface area contributed by atoms with E-state index >= 15 is 0 Å². The lowest BCUT2D eigenvalue weighted by Crippen LogP contribution is -2.39. The Morgan fingerprint density at radius 2 is 2.00 bits per heavy atom. The fourth-order valence-corrected chi connectivity index (χ4v) is 2.39. The van der Waals surface area contributed by atoms with Gasteiger partial charge in [0, 0.05) is 25.5 Å². The Bertz CT molecular complexity index is 633. The van der Waals surface area contributed by atoms with Crippen molar-refractivity contribution in [3.8, 4) is 5.75 Å². The van der Waals surface area contributed by atoms with E-state index in [2.05, 4.69) is 20.6 Å². The second-order valence-corrected chi connectivity index (χ2v) is 5.11. The summed E-state index contributed by atoms with van der Waals surface area (Å²) < 4.78 is 5.64. The summed E-state index contributed by atoms with van der Waals surface area (Å²) >= 11 is 0. The number of hydrogen-bond donors (Lipinski definition) is 2. The number of rotatable bonds is 5. The number of fused-ring (bicyclic) bond motifs is 1. The fourth-order valence-electron chi connectivity index (χ4n) is 2.39. The van der Waals surface area contributed by atoms with Crippen LogP contribution in [0.5, 0.6) is 5.75 Å². The molecule has 1 aliphatic rings. The van der Waals surface area contributed by atoms with Crippen molar-refractivity contribution in [3.05, 3.63) is 48.3 Å². The first-order valence-corrected chi connectivity index (χ1v) is 7.32. The van der Waals surface area contributed by atoms with Gasteiger partial charge in [0.25, 0.3) is 0 Å². The highest BCUT2D eigenvalue weighted by atomic mass is 16.5. The quantitative estimate of drug-likeness (QED) is 0.813. The number of nitrogens with one attached hydrogen (secondary N) is 2. The molecule has 0 bridgehead atoms. The van der Waals surface area contributed by atoms with Crippen LogP contribution in [-0.4, -0.2) is 35.6 Å². The second-order valence-electron chi connectivity index (χ2n) is 5.11. The number of carbonyl (C=O) groups excluding carboxylic acids is 1. The first-order valence-electron chi connectivity index (χ1n) is 7.32. The molecule has 0 fully saturated rings. The Morgan fingerprint density at radius 1 is 1.18 bits per heavy atom. The van der Waals surface area contributed by atoms with Crippen LogP contribution in [0.3, 0.4) is 0 Å². The molecule has 0 saturated heterocycles. The maximum atomic E-state index is 12.2. The highest BCUT2D eigenvalue weighted by Gasteiger charge is 2.25. The molecule has 1 aliphatic heterocycles. The summed E-state index contributed by atoms with van der Waals surface area (Å²) in [4.78, 5) is 20.3. The van der Waals surface area contributed by atoms with Crippen molar-refractivity contribution in [2.24, 2.45) is 5.92 Å². The van der Waals surface area contributed by atoms with Gasteiger partial charge in [-0.1, -0.05) is 18.2 Å². The molecule has 0 aliphatic carbocycles. The molecule has 0 saturated carbocycles. The van der Waals surface area contributed by atoms with Gasteiger partial charge in [-0.25, -0.2) is 9.97 Å². The SMILES string of the molecule is O=C(NCCNc1ncccn1)C1COc2ccccc2C1. The number of carbonyl (C=O) groups is 1. The molecule has 1 amide bonds. The summed E-state index contributed by atoms with van der Waals surface area (Å²) in [5.74, 6) is 1.33. The number of nitrogens with zero attached hydrogens (tertiary/aromatic N) is 2. The van der Waals surface area contributed by atoms with Crippen molar-refractivity contribution in [2.45, 2.75) is 6.42 Å². The van der Waals surface area contributed by atoms with Gasteiger partial charge < -0.3 is 15.4 Å². The first kappa shape index (κ1) is 14.3. The zero-order chi connectivity index (χ0) is 15.2. The minimum absolute atomic E-state index is 0.0188. The van der Waals surface area contributed by atoms with Gasteiger partial charge in [-0.2, -0.15) is 0 Å². The summed E-state index contributed by atoms with van der Waals surface area (Å²) in [5, 5.41) is 5.97. The van der Waals surface area contributed by atoms with Crippen LogP contribution in [0.4, 0.5) is 5.95 Å². The topological polar surface area (TPSA) is 76.1 Å². The predicted octanol–water partition coefficient (Wildman–Crippen LogP) is 1.26. The molecule has 3 rings (SSSR count). The number of para-hydroxylation sites is 1. The van der Waals surface area contributed by atoms with Crippen molar-refractivity contribution in [1.29, 1.82) is 0 Å². The van der Waals surface area contributed by atoms with E-state index in [0.29, 0.717) is 25.6 Å². The average Bonchev–Trinajstić information content (AvgIpc) is 2.59. The molecule has 2 N–H and O–H groups in total. The highest BCUT2D eigenvalue weighted by Crippen LogP contribution is 2.26. The Balaban J connectivity index is 1.43. The third-order valence-electron chi connectivity index (χ3n) is 3.52. The molecular weight excluding hydrogens is 280 g/mol. The van der Waals surface area contributed by atoms with Crippen LogP contribution in [0.15, 0.2) is 42.7 Å². The Morgan fingerprint density at radius 3 is 2.86 bits per heavy atom. The van der Waals surface area contributed by atoms with Crippen LogP contribution >= 0.6 is 0 Å². The molecule has 22 heavy (non-hydrogen) atoms. The average molecular weight is 298 g/mol. The van der Waals surface area contributed by atoms with E-state index in [4.69, 9.17) is 4.74 Å². The van der Waals surface area contributed by atoms with E-state index in [1.165, 1.54) is 0 Å². The lowest BCUT2D eigenvalue weighted by molar-refractivity contribution is -0.126. The number of amides is 1. The van der Waals surface area contributed by atoms with Crippen molar-refractivity contribution < 1.29 is 9.53 Å². The van der Waals surface area contributed by atoms with Crippen molar-refractivity contribution in [3.63, 3.8) is 0 Å². The maximum Gasteiger partial charge on any atom is 0.226 e. The molecule has 1 unspecified atom stereocenters. The molecule has 2 aromatic rings. The number of benzene rings is 1. The zero-order valence-corrected chi connectivity index (χ0v) is 12.2. The van der Waals surface area contributed by atoms with E-state index in [1.54, 1.807) is 18.5 Å². The summed E-state index contributed by atoms with van der Waals surface area (Å²) in [6.45, 7) is 1.53. The number of ether oxygens (including phenoxy) is 1. The summed E-state index contributed by atoms with van der Waals surface area (Å²) in [7, 11) is 0. The van der Waals surface area contributed by atoms with E-state index in [-0.39, 0.29) is 11.8 Å². The third kappa shape index (κ3) is 3.52. The normalized spacial score (nSPS) is 16.3. The number of aromatic nitrogens is 2. The smallest absolute Gasteiger partial charge is 0.226 e. The van der Waals surface area contributed by atoms with Gasteiger partial charge in [0.15, 0.2) is 0 Å². The van der Waals surface area contributed by atoms with Crippen molar-refractivity contribution >= 4 is 11.9 Å². The van der Waals surface area contributed by atoms with Gasteiger partial charge in [0.1, 0.15) is 12.4 Å². The van der Waals surface area contributed by atoms with Crippen molar-refractivity contribution in [1.82, 2.24) is 15.3 Å². The van der Waals surface area contributed by atoms with E-state index in [0.717, 1.165) is 17.7 Å². The first-order chi connectivity index (χ1) is 10.8. The molecule has 0 spiro atoms. The summed E-state index contributed by atoms with van der Waals surface area (Å²) in [6.07, 6.45) is 4.06. The summed E-state index contributed by atoms with van der Waals surface area (Å²) in [5.41, 5.74) is 1.09. The Kier molecular flexibility index (Phi) is 4.48. The van der Waals surface area contributed by atoms with Crippen LogP contribution < -0.4 is 15.4 Å². The van der Waals surface area contributed by atoms with E-state index in [1.807, 2.05) is 24.3 Å². The number of hydrogen-bond acceptors (Lipinski definition) is 5. The summed E-state index contributed by atoms with van der Waals surface area (Å²) in [6, 6.07) is 9.60. The van der Waals surface area contributed by atoms with Crippen LogP contribution in [0, 0.1) is 5.92 Å². The van der Waals surface area contributed by atoms with Gasteiger partial charge in [0.2, 0.25) is 11.9 Å².